The minimum Gasteiger partial charge on any atom is -0.382 e. The zero-order chi connectivity index (χ0) is 14.0. The van der Waals surface area contributed by atoms with E-state index in [1.54, 1.807) is 6.07 Å². The van der Waals surface area contributed by atoms with Gasteiger partial charge in [-0.1, -0.05) is 0 Å². The van der Waals surface area contributed by atoms with Crippen LogP contribution < -0.4 is 5.32 Å². The van der Waals surface area contributed by atoms with Gasteiger partial charge < -0.3 is 10.2 Å². The molecule has 1 unspecified atom stereocenters. The topological polar surface area (TPSA) is 15.3 Å². The van der Waals surface area contributed by atoms with Gasteiger partial charge in [0.15, 0.2) is 0 Å². The van der Waals surface area contributed by atoms with Gasteiger partial charge in [0.25, 0.3) is 0 Å². The van der Waals surface area contributed by atoms with Crippen LogP contribution in [0.1, 0.15) is 25.3 Å². The van der Waals surface area contributed by atoms with Crippen molar-refractivity contribution in [3.05, 3.63) is 28.0 Å². The zero-order valence-corrected chi connectivity index (χ0v) is 13.4. The summed E-state index contributed by atoms with van der Waals surface area (Å²) in [6, 6.07) is 3.80. The van der Waals surface area contributed by atoms with Crippen molar-refractivity contribution in [2.75, 3.05) is 25.5 Å². The maximum atomic E-state index is 13.6. The summed E-state index contributed by atoms with van der Waals surface area (Å²) in [6.45, 7) is 6.53. The van der Waals surface area contributed by atoms with Gasteiger partial charge in [-0.3, -0.25) is 0 Å². The first-order valence-electron chi connectivity index (χ1n) is 6.88. The van der Waals surface area contributed by atoms with Crippen LogP contribution in [-0.4, -0.2) is 31.1 Å². The first-order chi connectivity index (χ1) is 8.97. The summed E-state index contributed by atoms with van der Waals surface area (Å²) in [5, 5.41) is 3.48. The zero-order valence-electron chi connectivity index (χ0n) is 11.8. The molecule has 1 N–H and O–H groups in total. The SMILES string of the molecule is Cc1cc(Br)c(F)cc1NC(C)C1CCN(C)CC1. The summed E-state index contributed by atoms with van der Waals surface area (Å²) in [7, 11) is 2.17. The molecule has 0 aromatic heterocycles. The number of hydrogen-bond acceptors (Lipinski definition) is 2. The number of hydrogen-bond donors (Lipinski definition) is 1. The van der Waals surface area contributed by atoms with Crippen molar-refractivity contribution in [2.45, 2.75) is 32.7 Å². The first kappa shape index (κ1) is 14.8. The lowest BCUT2D eigenvalue weighted by molar-refractivity contribution is 0.208. The summed E-state index contributed by atoms with van der Waals surface area (Å²) < 4.78 is 14.1. The van der Waals surface area contributed by atoms with Gasteiger partial charge in [0.05, 0.1) is 4.47 Å². The largest absolute Gasteiger partial charge is 0.382 e. The third-order valence-corrected chi connectivity index (χ3v) is 4.73. The van der Waals surface area contributed by atoms with Gasteiger partial charge in [0, 0.05) is 11.7 Å². The summed E-state index contributed by atoms with van der Waals surface area (Å²) in [5.74, 6) is 0.464. The molecule has 1 aromatic rings. The van der Waals surface area contributed by atoms with Crippen molar-refractivity contribution in [2.24, 2.45) is 5.92 Å². The van der Waals surface area contributed by atoms with Crippen LogP contribution in [0.15, 0.2) is 16.6 Å². The second-order valence-corrected chi connectivity index (χ2v) is 6.51. The quantitative estimate of drug-likeness (QED) is 0.900. The third kappa shape index (κ3) is 3.69. The van der Waals surface area contributed by atoms with Crippen LogP contribution in [0.25, 0.3) is 0 Å². The highest BCUT2D eigenvalue weighted by atomic mass is 79.9. The summed E-state index contributed by atoms with van der Waals surface area (Å²) in [6.07, 6.45) is 2.42. The van der Waals surface area contributed by atoms with Crippen LogP contribution in [-0.2, 0) is 0 Å². The Labute approximate surface area is 123 Å². The molecule has 1 aliphatic heterocycles. The number of halogens is 2. The Bertz CT molecular complexity index is 442. The molecular formula is C15H22BrFN2. The molecule has 0 aliphatic carbocycles. The second-order valence-electron chi connectivity index (χ2n) is 5.65. The van der Waals surface area contributed by atoms with Gasteiger partial charge in [-0.15, -0.1) is 0 Å². The summed E-state index contributed by atoms with van der Waals surface area (Å²) in [4.78, 5) is 2.37. The van der Waals surface area contributed by atoms with E-state index >= 15 is 0 Å². The first-order valence-corrected chi connectivity index (χ1v) is 7.67. The molecule has 4 heteroatoms. The van der Waals surface area contributed by atoms with Crippen LogP contribution in [0.2, 0.25) is 0 Å². The maximum Gasteiger partial charge on any atom is 0.139 e. The molecule has 0 spiro atoms. The molecule has 19 heavy (non-hydrogen) atoms. The molecule has 0 saturated carbocycles. The lowest BCUT2D eigenvalue weighted by atomic mass is 9.90. The molecule has 106 valence electrons. The van der Waals surface area contributed by atoms with Crippen LogP contribution in [0.3, 0.4) is 0 Å². The van der Waals surface area contributed by atoms with Gasteiger partial charge in [0.2, 0.25) is 0 Å². The highest BCUT2D eigenvalue weighted by Crippen LogP contribution is 2.27. The molecule has 1 atom stereocenters. The number of piperidine rings is 1. The molecule has 0 amide bonds. The second kappa shape index (κ2) is 6.23. The Morgan fingerprint density at radius 3 is 2.63 bits per heavy atom. The fourth-order valence-electron chi connectivity index (χ4n) is 2.69. The minimum absolute atomic E-state index is 0.205. The van der Waals surface area contributed by atoms with Crippen LogP contribution >= 0.6 is 15.9 Å². The Morgan fingerprint density at radius 1 is 1.37 bits per heavy atom. The van der Waals surface area contributed by atoms with E-state index in [1.807, 2.05) is 13.0 Å². The molecule has 1 aromatic carbocycles. The molecule has 2 nitrogen and oxygen atoms in total. The van der Waals surface area contributed by atoms with Gasteiger partial charge in [-0.05, 0) is 86.4 Å². The molecular weight excluding hydrogens is 307 g/mol. The van der Waals surface area contributed by atoms with E-state index in [9.17, 15) is 4.39 Å². The van der Waals surface area contributed by atoms with E-state index in [0.717, 1.165) is 24.3 Å². The van der Waals surface area contributed by atoms with E-state index in [0.29, 0.717) is 16.4 Å². The van der Waals surface area contributed by atoms with Crippen molar-refractivity contribution < 1.29 is 4.39 Å². The number of nitrogens with zero attached hydrogens (tertiary/aromatic N) is 1. The Kier molecular flexibility index (Phi) is 4.85. The van der Waals surface area contributed by atoms with Gasteiger partial charge in [0.1, 0.15) is 5.82 Å². The van der Waals surface area contributed by atoms with E-state index in [2.05, 4.69) is 40.1 Å². The predicted molar refractivity (Wildman–Crippen MR) is 82.1 cm³/mol. The molecule has 2 rings (SSSR count). The Hall–Kier alpha value is -0.610. The van der Waals surface area contributed by atoms with E-state index in [1.165, 1.54) is 12.8 Å². The lowest BCUT2D eigenvalue weighted by Crippen LogP contribution is -2.37. The van der Waals surface area contributed by atoms with Crippen molar-refractivity contribution in [3.8, 4) is 0 Å². The van der Waals surface area contributed by atoms with Crippen molar-refractivity contribution in [3.63, 3.8) is 0 Å². The van der Waals surface area contributed by atoms with Crippen molar-refractivity contribution in [1.29, 1.82) is 0 Å². The van der Waals surface area contributed by atoms with Crippen LogP contribution in [0, 0.1) is 18.7 Å². The Balaban J connectivity index is 2.02. The fourth-order valence-corrected chi connectivity index (χ4v) is 3.15. The fraction of sp³-hybridized carbons (Fsp3) is 0.600. The van der Waals surface area contributed by atoms with E-state index in [4.69, 9.17) is 0 Å². The standard InChI is InChI=1S/C15H22BrFN2/c1-10-8-13(16)14(17)9-15(10)18-11(2)12-4-6-19(3)7-5-12/h8-9,11-12,18H,4-7H2,1-3H3. The summed E-state index contributed by atoms with van der Waals surface area (Å²) >= 11 is 3.22. The normalized spacial score (nSPS) is 19.4. The molecule has 1 saturated heterocycles. The van der Waals surface area contributed by atoms with Crippen molar-refractivity contribution >= 4 is 21.6 Å². The number of aryl methyl sites for hydroxylation is 1. The smallest absolute Gasteiger partial charge is 0.139 e. The molecule has 0 bridgehead atoms. The average Bonchev–Trinajstić information content (AvgIpc) is 2.36. The Morgan fingerprint density at radius 2 is 2.00 bits per heavy atom. The predicted octanol–water partition coefficient (Wildman–Crippen LogP) is 4.04. The highest BCUT2D eigenvalue weighted by molar-refractivity contribution is 9.10. The van der Waals surface area contributed by atoms with Crippen molar-refractivity contribution in [1.82, 2.24) is 4.90 Å². The van der Waals surface area contributed by atoms with Crippen LogP contribution in [0.5, 0.6) is 0 Å². The summed E-state index contributed by atoms with van der Waals surface area (Å²) in [5.41, 5.74) is 1.99. The average molecular weight is 329 g/mol. The van der Waals surface area contributed by atoms with E-state index in [-0.39, 0.29) is 5.82 Å². The number of benzene rings is 1. The van der Waals surface area contributed by atoms with Crippen LogP contribution in [0.4, 0.5) is 10.1 Å². The number of nitrogens with one attached hydrogen (secondary N) is 1. The van der Waals surface area contributed by atoms with Gasteiger partial charge >= 0.3 is 0 Å². The maximum absolute atomic E-state index is 13.6. The number of anilines is 1. The lowest BCUT2D eigenvalue weighted by Gasteiger charge is -2.33. The number of likely N-dealkylation sites (tertiary alicyclic amines) is 1. The van der Waals surface area contributed by atoms with Gasteiger partial charge in [-0.25, -0.2) is 4.39 Å². The number of rotatable bonds is 3. The van der Waals surface area contributed by atoms with Gasteiger partial charge in [-0.2, -0.15) is 0 Å². The third-order valence-electron chi connectivity index (χ3n) is 4.12. The highest BCUT2D eigenvalue weighted by Gasteiger charge is 2.22. The monoisotopic (exact) mass is 328 g/mol. The molecule has 1 heterocycles. The minimum atomic E-state index is -0.205. The van der Waals surface area contributed by atoms with E-state index < -0.39 is 0 Å². The molecule has 1 aliphatic rings. The molecule has 1 fully saturated rings. The molecule has 0 radical (unpaired) electrons.